The first-order valence-corrected chi connectivity index (χ1v) is 6.08. The molecule has 1 aromatic rings. The standard InChI is InChI=1S/C15H14N2O3/c16-9-1-2-11-20-15(18)8-5-13-3-6-14(7-4-13)19-12-10-17/h3-8H,1-2,11-12H2/b8-5+. The second-order valence-corrected chi connectivity index (χ2v) is 3.78. The zero-order chi connectivity index (χ0) is 14.6. The summed E-state index contributed by atoms with van der Waals surface area (Å²) in [7, 11) is 0. The van der Waals surface area contributed by atoms with Gasteiger partial charge in [0.05, 0.1) is 12.7 Å². The summed E-state index contributed by atoms with van der Waals surface area (Å²) in [6, 6.07) is 10.8. The molecule has 1 rings (SSSR count). The van der Waals surface area contributed by atoms with Crippen molar-refractivity contribution >= 4 is 12.0 Å². The maximum Gasteiger partial charge on any atom is 0.330 e. The van der Waals surface area contributed by atoms with Gasteiger partial charge in [-0.2, -0.15) is 10.5 Å². The molecular formula is C15H14N2O3. The molecule has 1 aromatic carbocycles. The predicted molar refractivity (Wildman–Crippen MR) is 72.4 cm³/mol. The monoisotopic (exact) mass is 270 g/mol. The van der Waals surface area contributed by atoms with E-state index in [1.165, 1.54) is 6.08 Å². The van der Waals surface area contributed by atoms with Crippen LogP contribution in [0.3, 0.4) is 0 Å². The molecule has 0 aliphatic heterocycles. The molecule has 20 heavy (non-hydrogen) atoms. The van der Waals surface area contributed by atoms with Crippen molar-refractivity contribution in [3.05, 3.63) is 35.9 Å². The van der Waals surface area contributed by atoms with Gasteiger partial charge in [-0.05, 0) is 30.2 Å². The molecule has 0 amide bonds. The minimum absolute atomic E-state index is 0.00418. The molecule has 0 spiro atoms. The van der Waals surface area contributed by atoms with Crippen molar-refractivity contribution in [3.8, 4) is 17.9 Å². The molecule has 0 radical (unpaired) electrons. The molecule has 102 valence electrons. The number of carbonyl (C=O) groups is 1. The minimum Gasteiger partial charge on any atom is -0.479 e. The Morgan fingerprint density at radius 1 is 1.20 bits per heavy atom. The van der Waals surface area contributed by atoms with Gasteiger partial charge in [-0.15, -0.1) is 0 Å². The first-order valence-electron chi connectivity index (χ1n) is 6.08. The van der Waals surface area contributed by atoms with E-state index in [1.54, 1.807) is 30.3 Å². The zero-order valence-electron chi connectivity index (χ0n) is 10.9. The number of unbranched alkanes of at least 4 members (excludes halogenated alkanes) is 1. The first-order chi connectivity index (χ1) is 9.76. The van der Waals surface area contributed by atoms with Crippen LogP contribution < -0.4 is 4.74 Å². The van der Waals surface area contributed by atoms with Crippen molar-refractivity contribution in [1.82, 2.24) is 0 Å². The van der Waals surface area contributed by atoms with Gasteiger partial charge in [-0.25, -0.2) is 4.79 Å². The summed E-state index contributed by atoms with van der Waals surface area (Å²) in [4.78, 5) is 11.3. The smallest absolute Gasteiger partial charge is 0.330 e. The largest absolute Gasteiger partial charge is 0.479 e. The summed E-state index contributed by atoms with van der Waals surface area (Å²) >= 11 is 0. The van der Waals surface area contributed by atoms with Crippen LogP contribution in [0.1, 0.15) is 18.4 Å². The quantitative estimate of drug-likeness (QED) is 0.431. The fourth-order valence-corrected chi connectivity index (χ4v) is 1.33. The van der Waals surface area contributed by atoms with Crippen LogP contribution in [0.4, 0.5) is 0 Å². The minimum atomic E-state index is -0.437. The van der Waals surface area contributed by atoms with Gasteiger partial charge >= 0.3 is 5.97 Å². The van der Waals surface area contributed by atoms with Crippen LogP contribution in [-0.2, 0) is 9.53 Å². The summed E-state index contributed by atoms with van der Waals surface area (Å²) < 4.78 is 10.0. The van der Waals surface area contributed by atoms with Crippen molar-refractivity contribution < 1.29 is 14.3 Å². The molecule has 0 aliphatic carbocycles. The van der Waals surface area contributed by atoms with Gasteiger partial charge in [0.2, 0.25) is 0 Å². The van der Waals surface area contributed by atoms with E-state index in [0.717, 1.165) is 5.56 Å². The van der Waals surface area contributed by atoms with E-state index in [2.05, 4.69) is 0 Å². The van der Waals surface area contributed by atoms with Gasteiger partial charge < -0.3 is 9.47 Å². The zero-order valence-corrected chi connectivity index (χ0v) is 10.9. The Hall–Kier alpha value is -2.79. The number of nitriles is 2. The van der Waals surface area contributed by atoms with Crippen LogP contribution in [0.15, 0.2) is 30.3 Å². The topological polar surface area (TPSA) is 83.1 Å². The van der Waals surface area contributed by atoms with Crippen LogP contribution in [0.2, 0.25) is 0 Å². The number of carbonyl (C=O) groups excluding carboxylic acids is 1. The van der Waals surface area contributed by atoms with E-state index in [1.807, 2.05) is 12.1 Å². The highest BCUT2D eigenvalue weighted by Gasteiger charge is 1.97. The predicted octanol–water partition coefficient (Wildman–Crippen LogP) is 2.45. The highest BCUT2D eigenvalue weighted by Crippen LogP contribution is 2.13. The van der Waals surface area contributed by atoms with Crippen molar-refractivity contribution in [1.29, 1.82) is 10.5 Å². The van der Waals surface area contributed by atoms with Crippen LogP contribution in [-0.4, -0.2) is 19.2 Å². The third kappa shape index (κ3) is 6.23. The number of rotatable bonds is 7. The van der Waals surface area contributed by atoms with Gasteiger partial charge in [-0.3, -0.25) is 0 Å². The Labute approximate surface area is 117 Å². The lowest BCUT2D eigenvalue weighted by Crippen LogP contribution is -2.01. The van der Waals surface area contributed by atoms with Crippen molar-refractivity contribution in [3.63, 3.8) is 0 Å². The number of benzene rings is 1. The Morgan fingerprint density at radius 3 is 2.60 bits per heavy atom. The summed E-state index contributed by atoms with van der Waals surface area (Å²) in [6.45, 7) is 0.252. The molecule has 0 heterocycles. The lowest BCUT2D eigenvalue weighted by atomic mass is 10.2. The SMILES string of the molecule is N#CCCCOC(=O)/C=C/c1ccc(OCC#N)cc1. The lowest BCUT2D eigenvalue weighted by Gasteiger charge is -2.01. The van der Waals surface area contributed by atoms with Crippen molar-refractivity contribution in [2.75, 3.05) is 13.2 Å². The highest BCUT2D eigenvalue weighted by atomic mass is 16.5. The molecule has 5 heteroatoms. The van der Waals surface area contributed by atoms with Gasteiger partial charge in [0.1, 0.15) is 11.8 Å². The summed E-state index contributed by atoms with van der Waals surface area (Å²) in [5.41, 5.74) is 0.822. The highest BCUT2D eigenvalue weighted by molar-refractivity contribution is 5.87. The van der Waals surface area contributed by atoms with Crippen LogP contribution in [0.5, 0.6) is 5.75 Å². The molecule has 0 aliphatic rings. The molecule has 0 fully saturated rings. The number of ether oxygens (including phenoxy) is 2. The Balaban J connectivity index is 2.40. The number of esters is 1. The van der Waals surface area contributed by atoms with Gasteiger partial charge in [0.15, 0.2) is 6.61 Å². The van der Waals surface area contributed by atoms with Crippen molar-refractivity contribution in [2.45, 2.75) is 12.8 Å². The van der Waals surface area contributed by atoms with Crippen LogP contribution in [0.25, 0.3) is 6.08 Å². The summed E-state index contributed by atoms with van der Waals surface area (Å²) in [6.07, 6.45) is 3.88. The van der Waals surface area contributed by atoms with Crippen LogP contribution in [0, 0.1) is 22.7 Å². The fraction of sp³-hybridized carbons (Fsp3) is 0.267. The van der Waals surface area contributed by atoms with Crippen LogP contribution >= 0.6 is 0 Å². The van der Waals surface area contributed by atoms with E-state index >= 15 is 0 Å². The summed E-state index contributed by atoms with van der Waals surface area (Å²) in [5.74, 6) is 0.163. The lowest BCUT2D eigenvalue weighted by molar-refractivity contribution is -0.137. The van der Waals surface area contributed by atoms with E-state index in [0.29, 0.717) is 18.6 Å². The van der Waals surface area contributed by atoms with Gasteiger partial charge in [0.25, 0.3) is 0 Å². The summed E-state index contributed by atoms with van der Waals surface area (Å²) in [5, 5.41) is 16.7. The Bertz CT molecular complexity index is 536. The average Bonchev–Trinajstić information content (AvgIpc) is 2.48. The molecule has 0 bridgehead atoms. The second kappa shape index (κ2) is 9.18. The van der Waals surface area contributed by atoms with E-state index in [4.69, 9.17) is 20.0 Å². The molecule has 0 unspecified atom stereocenters. The second-order valence-electron chi connectivity index (χ2n) is 3.78. The molecule has 0 saturated carbocycles. The third-order valence-corrected chi connectivity index (χ3v) is 2.27. The number of nitrogens with zero attached hydrogens (tertiary/aromatic N) is 2. The normalized spacial score (nSPS) is 9.70. The van der Waals surface area contributed by atoms with E-state index in [-0.39, 0.29) is 13.2 Å². The number of hydrogen-bond donors (Lipinski definition) is 0. The third-order valence-electron chi connectivity index (χ3n) is 2.27. The Morgan fingerprint density at radius 2 is 1.95 bits per heavy atom. The molecule has 0 aromatic heterocycles. The molecule has 5 nitrogen and oxygen atoms in total. The average molecular weight is 270 g/mol. The van der Waals surface area contributed by atoms with Gasteiger partial charge in [0, 0.05) is 12.5 Å². The fourth-order valence-electron chi connectivity index (χ4n) is 1.33. The van der Waals surface area contributed by atoms with E-state index in [9.17, 15) is 4.79 Å². The molecular weight excluding hydrogens is 256 g/mol. The molecule has 0 atom stereocenters. The number of hydrogen-bond acceptors (Lipinski definition) is 5. The first kappa shape index (κ1) is 15.3. The van der Waals surface area contributed by atoms with E-state index < -0.39 is 5.97 Å². The molecule has 0 saturated heterocycles. The maximum atomic E-state index is 11.3. The maximum absolute atomic E-state index is 11.3. The van der Waals surface area contributed by atoms with Crippen molar-refractivity contribution in [2.24, 2.45) is 0 Å². The van der Waals surface area contributed by atoms with Gasteiger partial charge in [-0.1, -0.05) is 12.1 Å². The molecule has 0 N–H and O–H groups in total. The Kier molecular flexibility index (Phi) is 7.01.